The molecule has 0 aliphatic carbocycles. The third-order valence-corrected chi connectivity index (χ3v) is 2.72. The first-order valence-corrected chi connectivity index (χ1v) is 4.88. The Bertz CT molecular complexity index is 325. The summed E-state index contributed by atoms with van der Waals surface area (Å²) in [5.74, 6) is 1.32. The summed E-state index contributed by atoms with van der Waals surface area (Å²) < 4.78 is 5.15. The Kier molecular flexibility index (Phi) is 2.59. The van der Waals surface area contributed by atoms with Crippen LogP contribution < -0.4 is 10.1 Å². The minimum absolute atomic E-state index is 0.248. The summed E-state index contributed by atoms with van der Waals surface area (Å²) in [7, 11) is 1.67. The molecule has 1 aromatic rings. The van der Waals surface area contributed by atoms with Crippen LogP contribution >= 0.6 is 0 Å². The lowest BCUT2D eigenvalue weighted by molar-refractivity contribution is 0.278. The van der Waals surface area contributed by atoms with Crippen LogP contribution in [0.1, 0.15) is 17.9 Å². The summed E-state index contributed by atoms with van der Waals surface area (Å²) in [5, 5.41) is 12.2. The van der Waals surface area contributed by atoms with Gasteiger partial charge in [-0.15, -0.1) is 0 Å². The molecule has 1 atom stereocenters. The first kappa shape index (κ1) is 9.34. The zero-order valence-corrected chi connectivity index (χ0v) is 8.29. The molecule has 0 radical (unpaired) electrons. The Morgan fingerprint density at radius 3 is 3.14 bits per heavy atom. The average molecular weight is 193 g/mol. The molecule has 3 heteroatoms. The fourth-order valence-corrected chi connectivity index (χ4v) is 1.93. The molecule has 1 unspecified atom stereocenters. The predicted molar refractivity (Wildman–Crippen MR) is 55.9 cm³/mol. The lowest BCUT2D eigenvalue weighted by atomic mass is 9.98. The number of aliphatic hydroxyl groups is 1. The Morgan fingerprint density at radius 1 is 1.57 bits per heavy atom. The van der Waals surface area contributed by atoms with Crippen molar-refractivity contribution in [1.29, 1.82) is 0 Å². The summed E-state index contributed by atoms with van der Waals surface area (Å²) in [5.41, 5.74) is 2.43. The normalized spacial score (nSPS) is 18.9. The van der Waals surface area contributed by atoms with Gasteiger partial charge in [0.25, 0.3) is 0 Å². The van der Waals surface area contributed by atoms with E-state index in [9.17, 15) is 0 Å². The molecule has 76 valence electrons. The van der Waals surface area contributed by atoms with E-state index in [0.29, 0.717) is 5.92 Å². The van der Waals surface area contributed by atoms with Crippen molar-refractivity contribution in [2.24, 2.45) is 0 Å². The van der Waals surface area contributed by atoms with E-state index in [1.807, 2.05) is 12.1 Å². The molecule has 3 nitrogen and oxygen atoms in total. The van der Waals surface area contributed by atoms with Crippen LogP contribution in [0.15, 0.2) is 18.2 Å². The number of nitrogens with one attached hydrogen (secondary N) is 1. The molecule has 14 heavy (non-hydrogen) atoms. The van der Waals surface area contributed by atoms with Crippen LogP contribution in [-0.4, -0.2) is 25.4 Å². The quantitative estimate of drug-likeness (QED) is 0.766. The van der Waals surface area contributed by atoms with Crippen molar-refractivity contribution in [3.8, 4) is 5.75 Å². The number of ether oxygens (including phenoxy) is 1. The van der Waals surface area contributed by atoms with Gasteiger partial charge in [-0.3, -0.25) is 0 Å². The van der Waals surface area contributed by atoms with Gasteiger partial charge < -0.3 is 15.2 Å². The molecule has 0 bridgehead atoms. The highest BCUT2D eigenvalue weighted by Crippen LogP contribution is 2.35. The summed E-state index contributed by atoms with van der Waals surface area (Å²) in [6, 6.07) is 6.05. The number of fused-ring (bicyclic) bond motifs is 1. The van der Waals surface area contributed by atoms with Crippen LogP contribution in [-0.2, 0) is 0 Å². The smallest absolute Gasteiger partial charge is 0.120 e. The van der Waals surface area contributed by atoms with Gasteiger partial charge in [-0.05, 0) is 18.1 Å². The number of methoxy groups -OCH3 is 1. The average Bonchev–Trinajstić information content (AvgIpc) is 2.61. The summed E-state index contributed by atoms with van der Waals surface area (Å²) >= 11 is 0. The zero-order valence-electron chi connectivity index (χ0n) is 8.29. The van der Waals surface area contributed by atoms with Gasteiger partial charge in [-0.25, -0.2) is 0 Å². The van der Waals surface area contributed by atoms with Gasteiger partial charge >= 0.3 is 0 Å². The van der Waals surface area contributed by atoms with Gasteiger partial charge in [0.15, 0.2) is 0 Å². The van der Waals surface area contributed by atoms with Crippen LogP contribution in [0.5, 0.6) is 5.75 Å². The molecule has 1 aliphatic heterocycles. The summed E-state index contributed by atoms with van der Waals surface area (Å²) in [4.78, 5) is 0. The van der Waals surface area contributed by atoms with Crippen LogP contribution in [0.25, 0.3) is 0 Å². The molecule has 2 N–H and O–H groups in total. The third kappa shape index (κ3) is 1.55. The van der Waals surface area contributed by atoms with Crippen molar-refractivity contribution >= 4 is 5.69 Å². The van der Waals surface area contributed by atoms with E-state index in [0.717, 1.165) is 24.4 Å². The highest BCUT2D eigenvalue weighted by molar-refractivity contribution is 5.60. The van der Waals surface area contributed by atoms with Crippen molar-refractivity contribution in [2.45, 2.75) is 12.3 Å². The minimum Gasteiger partial charge on any atom is -0.497 e. The van der Waals surface area contributed by atoms with E-state index in [-0.39, 0.29) is 6.61 Å². The van der Waals surface area contributed by atoms with Gasteiger partial charge in [0.05, 0.1) is 7.11 Å². The maximum atomic E-state index is 8.90. The third-order valence-electron chi connectivity index (χ3n) is 2.72. The second kappa shape index (κ2) is 3.88. The monoisotopic (exact) mass is 193 g/mol. The Hall–Kier alpha value is -1.22. The SMILES string of the molecule is COc1ccc2c(c1)NCC2CCO. The highest BCUT2D eigenvalue weighted by atomic mass is 16.5. The molecule has 2 rings (SSSR count). The van der Waals surface area contributed by atoms with Crippen LogP contribution in [0.3, 0.4) is 0 Å². The Labute approximate surface area is 83.7 Å². The molecule has 1 heterocycles. The molecule has 0 saturated heterocycles. The number of rotatable bonds is 3. The lowest BCUT2D eigenvalue weighted by Crippen LogP contribution is -2.03. The second-order valence-corrected chi connectivity index (χ2v) is 3.54. The topological polar surface area (TPSA) is 41.5 Å². The molecule has 0 aromatic heterocycles. The van der Waals surface area contributed by atoms with Crippen molar-refractivity contribution in [3.63, 3.8) is 0 Å². The van der Waals surface area contributed by atoms with E-state index < -0.39 is 0 Å². The number of hydrogen-bond acceptors (Lipinski definition) is 3. The number of aliphatic hydroxyl groups excluding tert-OH is 1. The molecule has 1 aliphatic rings. The van der Waals surface area contributed by atoms with E-state index >= 15 is 0 Å². The van der Waals surface area contributed by atoms with E-state index in [4.69, 9.17) is 9.84 Å². The first-order valence-electron chi connectivity index (χ1n) is 4.88. The number of hydrogen-bond donors (Lipinski definition) is 2. The molecule has 0 saturated carbocycles. The van der Waals surface area contributed by atoms with Gasteiger partial charge in [0.1, 0.15) is 5.75 Å². The van der Waals surface area contributed by atoms with Crippen LogP contribution in [0.2, 0.25) is 0 Å². The van der Waals surface area contributed by atoms with Crippen LogP contribution in [0, 0.1) is 0 Å². The largest absolute Gasteiger partial charge is 0.497 e. The summed E-state index contributed by atoms with van der Waals surface area (Å²) in [6.45, 7) is 1.17. The Morgan fingerprint density at radius 2 is 2.43 bits per heavy atom. The first-order chi connectivity index (χ1) is 6.85. The van der Waals surface area contributed by atoms with Crippen molar-refractivity contribution in [2.75, 3.05) is 25.6 Å². The van der Waals surface area contributed by atoms with Gasteiger partial charge in [0.2, 0.25) is 0 Å². The van der Waals surface area contributed by atoms with Crippen molar-refractivity contribution in [1.82, 2.24) is 0 Å². The lowest BCUT2D eigenvalue weighted by Gasteiger charge is -2.08. The highest BCUT2D eigenvalue weighted by Gasteiger charge is 2.21. The fraction of sp³-hybridized carbons (Fsp3) is 0.455. The zero-order chi connectivity index (χ0) is 9.97. The van der Waals surface area contributed by atoms with Crippen molar-refractivity contribution in [3.05, 3.63) is 23.8 Å². The molecule has 0 fully saturated rings. The predicted octanol–water partition coefficient (Wildman–Crippen LogP) is 1.59. The standard InChI is InChI=1S/C11H15NO2/c1-14-9-2-3-10-8(4-5-13)7-12-11(10)6-9/h2-3,6,8,12-13H,4-5,7H2,1H3. The van der Waals surface area contributed by atoms with Gasteiger partial charge in [-0.1, -0.05) is 6.07 Å². The molecular formula is C11H15NO2. The fourth-order valence-electron chi connectivity index (χ4n) is 1.93. The van der Waals surface area contributed by atoms with E-state index in [1.165, 1.54) is 5.56 Å². The van der Waals surface area contributed by atoms with Gasteiger partial charge in [-0.2, -0.15) is 0 Å². The second-order valence-electron chi connectivity index (χ2n) is 3.54. The van der Waals surface area contributed by atoms with Crippen LogP contribution in [0.4, 0.5) is 5.69 Å². The van der Waals surface area contributed by atoms with Crippen molar-refractivity contribution < 1.29 is 9.84 Å². The van der Waals surface area contributed by atoms with Gasteiger partial charge in [0, 0.05) is 30.8 Å². The maximum absolute atomic E-state index is 8.90. The number of benzene rings is 1. The maximum Gasteiger partial charge on any atom is 0.120 e. The summed E-state index contributed by atoms with van der Waals surface area (Å²) in [6.07, 6.45) is 0.826. The van der Waals surface area contributed by atoms with E-state index in [1.54, 1.807) is 7.11 Å². The molecule has 1 aromatic carbocycles. The Balaban J connectivity index is 2.24. The molecule has 0 amide bonds. The molecular weight excluding hydrogens is 178 g/mol. The minimum atomic E-state index is 0.248. The van der Waals surface area contributed by atoms with E-state index in [2.05, 4.69) is 11.4 Å². The number of anilines is 1. The molecule has 0 spiro atoms.